The van der Waals surface area contributed by atoms with Crippen molar-refractivity contribution in [3.63, 3.8) is 0 Å². The third-order valence-corrected chi connectivity index (χ3v) is 17.3. The molecule has 0 radical (unpaired) electrons. The zero-order chi connectivity index (χ0) is 58.4. The fraction of sp³-hybridized carbons (Fsp3) is 0.901. The molecule has 2 N–H and O–H groups in total. The first-order valence-corrected chi connectivity index (χ1v) is 36.8. The van der Waals surface area contributed by atoms with E-state index in [1.165, 1.54) is 295 Å². The first kappa shape index (κ1) is 78.7. The number of likely N-dealkylation sites (N-methyl/N-ethyl adjacent to an activating group) is 1. The molecule has 0 aromatic carbocycles. The highest BCUT2D eigenvalue weighted by molar-refractivity contribution is 7.45. The van der Waals surface area contributed by atoms with E-state index in [0.717, 1.165) is 44.9 Å². The van der Waals surface area contributed by atoms with E-state index in [2.05, 4.69) is 43.5 Å². The molecule has 0 heterocycles. The number of rotatable bonds is 66. The number of carbonyl (C=O) groups is 1. The Labute approximate surface area is 499 Å². The molecule has 0 aromatic rings. The maximum absolute atomic E-state index is 13.0. The van der Waals surface area contributed by atoms with E-state index < -0.39 is 26.6 Å². The maximum atomic E-state index is 13.0. The second kappa shape index (κ2) is 62.3. The van der Waals surface area contributed by atoms with Crippen molar-refractivity contribution in [3.05, 3.63) is 36.5 Å². The van der Waals surface area contributed by atoms with Crippen LogP contribution in [0.3, 0.4) is 0 Å². The number of carbonyl (C=O) groups excluding carboxylic acids is 1. The summed E-state index contributed by atoms with van der Waals surface area (Å²) in [6, 6.07) is -0.909. The molecule has 0 aliphatic carbocycles. The van der Waals surface area contributed by atoms with Gasteiger partial charge in [-0.2, -0.15) is 0 Å². The van der Waals surface area contributed by atoms with Crippen LogP contribution in [-0.4, -0.2) is 68.5 Å². The number of quaternary nitrogens is 1. The number of aliphatic hydroxyl groups is 1. The number of phosphoric acid groups is 1. The summed E-state index contributed by atoms with van der Waals surface area (Å²) < 4.78 is 23.4. The Balaban J connectivity index is 3.96. The molecule has 3 atom stereocenters. The molecule has 0 spiro atoms. The van der Waals surface area contributed by atoms with E-state index in [1.807, 2.05) is 27.2 Å². The molecule has 0 bridgehead atoms. The van der Waals surface area contributed by atoms with Crippen molar-refractivity contribution >= 4 is 13.7 Å². The van der Waals surface area contributed by atoms with Crippen molar-refractivity contribution in [2.45, 2.75) is 373 Å². The van der Waals surface area contributed by atoms with E-state index in [1.54, 1.807) is 6.08 Å². The number of phosphoric ester groups is 1. The SMILES string of the molecule is CCCCCCCCCCCC/C=C/CC/C=C/CC/C=C/C(O)C(COP(=O)([O-])OCC[N+](C)(C)C)NC(=O)CCCCCCCCCCCCCCCCCCCCCCCCCCCCCCCCCCCCCCCC. The molecule has 8 nitrogen and oxygen atoms in total. The molecule has 0 saturated carbocycles. The summed E-state index contributed by atoms with van der Waals surface area (Å²) in [5.41, 5.74) is 0. The minimum absolute atomic E-state index is 0.00720. The lowest BCUT2D eigenvalue weighted by Crippen LogP contribution is -2.45. The predicted molar refractivity (Wildman–Crippen MR) is 348 cm³/mol. The van der Waals surface area contributed by atoms with Gasteiger partial charge in [0.15, 0.2) is 0 Å². The summed E-state index contributed by atoms with van der Waals surface area (Å²) in [5.74, 6) is -0.204. The standard InChI is InChI=1S/C71H139N2O6P/c1-6-8-10-12-14-16-18-20-22-24-26-28-29-30-31-32-33-34-35-36-37-38-39-40-41-42-43-44-45-47-49-51-53-55-57-59-61-63-65-71(75)72-69(68-79-80(76,77)78-67-66-73(3,4)5)70(74)64-62-60-58-56-54-52-50-48-46-27-25-23-21-19-17-15-13-11-9-7-2/h46,48,54,56,62,64,69-70,74H,6-45,47,49-53,55,57-61,63,65-68H2,1-5H3,(H-,72,75,76,77)/b48-46+,56-54+,64-62+. The molecule has 0 aliphatic heterocycles. The largest absolute Gasteiger partial charge is 0.756 e. The van der Waals surface area contributed by atoms with Crippen molar-refractivity contribution in [3.8, 4) is 0 Å². The number of aliphatic hydroxyl groups excluding tert-OH is 1. The topological polar surface area (TPSA) is 108 Å². The summed E-state index contributed by atoms with van der Waals surface area (Å²) in [5, 5.41) is 13.9. The van der Waals surface area contributed by atoms with Crippen molar-refractivity contribution in [2.75, 3.05) is 40.9 Å². The van der Waals surface area contributed by atoms with Crippen molar-refractivity contribution in [1.82, 2.24) is 5.32 Å². The minimum Gasteiger partial charge on any atom is -0.756 e. The summed E-state index contributed by atoms with van der Waals surface area (Å²) in [7, 11) is 1.25. The average molecular weight is 1150 g/mol. The fourth-order valence-corrected chi connectivity index (χ4v) is 11.6. The highest BCUT2D eigenvalue weighted by Gasteiger charge is 2.23. The van der Waals surface area contributed by atoms with Gasteiger partial charge in [-0.05, 0) is 44.9 Å². The number of nitrogens with one attached hydrogen (secondary N) is 1. The zero-order valence-electron chi connectivity index (χ0n) is 54.3. The van der Waals surface area contributed by atoms with Gasteiger partial charge in [-0.1, -0.05) is 346 Å². The lowest BCUT2D eigenvalue weighted by molar-refractivity contribution is -0.870. The molecule has 9 heteroatoms. The number of unbranched alkanes of at least 4 members (excludes halogenated alkanes) is 49. The molecular weight excluding hydrogens is 1010 g/mol. The van der Waals surface area contributed by atoms with Gasteiger partial charge >= 0.3 is 0 Å². The van der Waals surface area contributed by atoms with Gasteiger partial charge in [-0.15, -0.1) is 0 Å². The van der Waals surface area contributed by atoms with Crippen LogP contribution in [0.25, 0.3) is 0 Å². The van der Waals surface area contributed by atoms with E-state index in [4.69, 9.17) is 9.05 Å². The Morgan fingerprint density at radius 1 is 0.425 bits per heavy atom. The molecule has 474 valence electrons. The van der Waals surface area contributed by atoms with Crippen molar-refractivity contribution in [1.29, 1.82) is 0 Å². The third-order valence-electron chi connectivity index (χ3n) is 16.3. The number of amides is 1. The molecule has 1 amide bonds. The first-order valence-electron chi connectivity index (χ1n) is 35.4. The molecule has 0 aromatic heterocycles. The van der Waals surface area contributed by atoms with Gasteiger partial charge < -0.3 is 28.8 Å². The Morgan fingerprint density at radius 2 is 0.700 bits per heavy atom. The van der Waals surface area contributed by atoms with Gasteiger partial charge in [-0.25, -0.2) is 0 Å². The molecular formula is C71H139N2O6P. The van der Waals surface area contributed by atoms with E-state index in [0.29, 0.717) is 17.4 Å². The van der Waals surface area contributed by atoms with Crippen LogP contribution < -0.4 is 10.2 Å². The normalized spacial score (nSPS) is 13.8. The summed E-state index contributed by atoms with van der Waals surface area (Å²) >= 11 is 0. The molecule has 0 rings (SSSR count). The number of allylic oxidation sites excluding steroid dienone is 5. The zero-order valence-corrected chi connectivity index (χ0v) is 55.2. The summed E-state index contributed by atoms with van der Waals surface area (Å²) in [4.78, 5) is 25.6. The van der Waals surface area contributed by atoms with Gasteiger partial charge in [0.25, 0.3) is 7.82 Å². The Morgan fingerprint density at radius 3 is 1.01 bits per heavy atom. The van der Waals surface area contributed by atoms with Crippen LogP contribution in [0.15, 0.2) is 36.5 Å². The second-order valence-electron chi connectivity index (χ2n) is 25.6. The van der Waals surface area contributed by atoms with Gasteiger partial charge in [-0.3, -0.25) is 9.36 Å². The van der Waals surface area contributed by atoms with Gasteiger partial charge in [0.05, 0.1) is 39.9 Å². The molecule has 3 unspecified atom stereocenters. The molecule has 0 saturated heterocycles. The smallest absolute Gasteiger partial charge is 0.268 e. The Hall–Kier alpha value is -1.28. The quantitative estimate of drug-likeness (QED) is 0.0272. The van der Waals surface area contributed by atoms with Crippen LogP contribution in [0.4, 0.5) is 0 Å². The lowest BCUT2D eigenvalue weighted by atomic mass is 10.0. The molecule has 80 heavy (non-hydrogen) atoms. The van der Waals surface area contributed by atoms with Crippen LogP contribution in [-0.2, 0) is 18.4 Å². The minimum atomic E-state index is -4.61. The lowest BCUT2D eigenvalue weighted by Gasteiger charge is -2.29. The van der Waals surface area contributed by atoms with Crippen LogP contribution in [0.1, 0.15) is 361 Å². The van der Waals surface area contributed by atoms with E-state index in [9.17, 15) is 19.4 Å². The monoisotopic (exact) mass is 1150 g/mol. The van der Waals surface area contributed by atoms with Gasteiger partial charge in [0.1, 0.15) is 13.2 Å². The molecule has 0 fully saturated rings. The van der Waals surface area contributed by atoms with E-state index >= 15 is 0 Å². The highest BCUT2D eigenvalue weighted by Crippen LogP contribution is 2.38. The van der Waals surface area contributed by atoms with Gasteiger partial charge in [0.2, 0.25) is 5.91 Å². The van der Waals surface area contributed by atoms with E-state index in [-0.39, 0.29) is 12.5 Å². The Kier molecular flexibility index (Phi) is 61.3. The second-order valence-corrected chi connectivity index (χ2v) is 27.0. The highest BCUT2D eigenvalue weighted by atomic mass is 31.2. The van der Waals surface area contributed by atoms with Crippen LogP contribution in [0.5, 0.6) is 0 Å². The summed E-state index contributed by atoms with van der Waals surface area (Å²) in [6.07, 6.45) is 82.9. The number of hydrogen-bond acceptors (Lipinski definition) is 6. The first-order chi connectivity index (χ1) is 39.0. The van der Waals surface area contributed by atoms with Crippen LogP contribution >= 0.6 is 7.82 Å². The average Bonchev–Trinajstić information content (AvgIpc) is 3.42. The van der Waals surface area contributed by atoms with Gasteiger partial charge in [0, 0.05) is 6.42 Å². The van der Waals surface area contributed by atoms with Crippen molar-refractivity contribution < 1.29 is 32.9 Å². The Bertz CT molecular complexity index is 1400. The van der Waals surface area contributed by atoms with Crippen LogP contribution in [0, 0.1) is 0 Å². The number of hydrogen-bond donors (Lipinski definition) is 2. The fourth-order valence-electron chi connectivity index (χ4n) is 10.8. The van der Waals surface area contributed by atoms with Crippen LogP contribution in [0.2, 0.25) is 0 Å². The number of nitrogens with zero attached hydrogens (tertiary/aromatic N) is 1. The predicted octanol–water partition coefficient (Wildman–Crippen LogP) is 21.8. The van der Waals surface area contributed by atoms with Crippen molar-refractivity contribution in [2.24, 2.45) is 0 Å². The maximum Gasteiger partial charge on any atom is 0.268 e. The summed E-state index contributed by atoms with van der Waals surface area (Å²) in [6.45, 7) is 4.67. The third kappa shape index (κ3) is 64.3. The molecule has 0 aliphatic rings.